The van der Waals surface area contributed by atoms with E-state index in [-0.39, 0.29) is 5.91 Å². The van der Waals surface area contributed by atoms with E-state index in [1.807, 2.05) is 18.2 Å². The Balaban J connectivity index is 1.83. The Morgan fingerprint density at radius 3 is 3.00 bits per heavy atom. The summed E-state index contributed by atoms with van der Waals surface area (Å²) in [5, 5.41) is 5.75. The zero-order valence-electron chi connectivity index (χ0n) is 10.8. The Kier molecular flexibility index (Phi) is 3.30. The van der Waals surface area contributed by atoms with Crippen molar-refractivity contribution in [1.29, 1.82) is 0 Å². The van der Waals surface area contributed by atoms with E-state index in [0.29, 0.717) is 11.5 Å². The number of thiazole rings is 1. The van der Waals surface area contributed by atoms with E-state index < -0.39 is 0 Å². The maximum absolute atomic E-state index is 12.1. The average molecular weight is 284 g/mol. The molecule has 0 atom stereocenters. The number of hydrogen-bond acceptors (Lipinski definition) is 5. The predicted molar refractivity (Wildman–Crippen MR) is 81.4 cm³/mol. The zero-order chi connectivity index (χ0) is 13.9. The van der Waals surface area contributed by atoms with E-state index in [9.17, 15) is 4.79 Å². The number of aromatic nitrogens is 2. The molecule has 0 radical (unpaired) electrons. The van der Waals surface area contributed by atoms with Gasteiger partial charge in [0.2, 0.25) is 0 Å². The monoisotopic (exact) mass is 284 g/mol. The van der Waals surface area contributed by atoms with E-state index in [0.717, 1.165) is 15.9 Å². The third kappa shape index (κ3) is 2.46. The topological polar surface area (TPSA) is 66.9 Å². The first-order valence-electron chi connectivity index (χ1n) is 6.06. The SMILES string of the molecule is CNc1cccc(C(=O)Nc2ccc3ncsc3c2)n1. The zero-order valence-corrected chi connectivity index (χ0v) is 11.6. The lowest BCUT2D eigenvalue weighted by atomic mass is 10.2. The predicted octanol–water partition coefficient (Wildman–Crippen LogP) is 2.99. The summed E-state index contributed by atoms with van der Waals surface area (Å²) in [6, 6.07) is 10.9. The van der Waals surface area contributed by atoms with Crippen LogP contribution in [0.2, 0.25) is 0 Å². The highest BCUT2D eigenvalue weighted by molar-refractivity contribution is 7.16. The average Bonchev–Trinajstić information content (AvgIpc) is 2.95. The van der Waals surface area contributed by atoms with Crippen LogP contribution in [0.25, 0.3) is 10.2 Å². The van der Waals surface area contributed by atoms with Gasteiger partial charge in [-0.2, -0.15) is 0 Å². The molecule has 1 amide bonds. The van der Waals surface area contributed by atoms with Crippen molar-refractivity contribution < 1.29 is 4.79 Å². The molecule has 6 heteroatoms. The fraction of sp³-hybridized carbons (Fsp3) is 0.0714. The fourth-order valence-corrected chi connectivity index (χ4v) is 2.54. The minimum atomic E-state index is -0.231. The van der Waals surface area contributed by atoms with Crippen LogP contribution in [-0.2, 0) is 0 Å². The third-order valence-corrected chi connectivity index (χ3v) is 3.62. The molecule has 3 rings (SSSR count). The molecule has 0 saturated carbocycles. The molecule has 3 aromatic rings. The molecule has 0 bridgehead atoms. The molecule has 2 heterocycles. The molecule has 5 nitrogen and oxygen atoms in total. The first kappa shape index (κ1) is 12.6. The second-order valence-corrected chi connectivity index (χ2v) is 5.03. The maximum atomic E-state index is 12.1. The van der Waals surface area contributed by atoms with Gasteiger partial charge in [-0.3, -0.25) is 4.79 Å². The Hall–Kier alpha value is -2.47. The number of anilines is 2. The van der Waals surface area contributed by atoms with Gasteiger partial charge in [0.25, 0.3) is 5.91 Å². The number of benzene rings is 1. The van der Waals surface area contributed by atoms with Crippen LogP contribution >= 0.6 is 11.3 Å². The van der Waals surface area contributed by atoms with Crippen LogP contribution in [0.1, 0.15) is 10.5 Å². The Labute approximate surface area is 119 Å². The van der Waals surface area contributed by atoms with Gasteiger partial charge in [-0.1, -0.05) is 6.07 Å². The van der Waals surface area contributed by atoms with Gasteiger partial charge in [-0.25, -0.2) is 9.97 Å². The van der Waals surface area contributed by atoms with Gasteiger partial charge in [0.05, 0.1) is 15.7 Å². The summed E-state index contributed by atoms with van der Waals surface area (Å²) in [6.07, 6.45) is 0. The van der Waals surface area contributed by atoms with Gasteiger partial charge >= 0.3 is 0 Å². The van der Waals surface area contributed by atoms with Crippen LogP contribution in [0.4, 0.5) is 11.5 Å². The van der Waals surface area contributed by atoms with E-state index in [1.165, 1.54) is 0 Å². The smallest absolute Gasteiger partial charge is 0.274 e. The van der Waals surface area contributed by atoms with Crippen molar-refractivity contribution >= 4 is 39.0 Å². The highest BCUT2D eigenvalue weighted by atomic mass is 32.1. The van der Waals surface area contributed by atoms with E-state index in [4.69, 9.17) is 0 Å². The van der Waals surface area contributed by atoms with Gasteiger partial charge in [-0.05, 0) is 30.3 Å². The van der Waals surface area contributed by atoms with Crippen molar-refractivity contribution in [3.05, 3.63) is 47.6 Å². The minimum absolute atomic E-state index is 0.231. The number of rotatable bonds is 3. The van der Waals surface area contributed by atoms with Crippen LogP contribution in [0.3, 0.4) is 0 Å². The Morgan fingerprint density at radius 1 is 1.25 bits per heavy atom. The second kappa shape index (κ2) is 5.26. The maximum Gasteiger partial charge on any atom is 0.274 e. The molecular weight excluding hydrogens is 272 g/mol. The van der Waals surface area contributed by atoms with E-state index >= 15 is 0 Å². The van der Waals surface area contributed by atoms with Crippen LogP contribution in [0.5, 0.6) is 0 Å². The fourth-order valence-electron chi connectivity index (χ4n) is 1.83. The summed E-state index contributed by atoms with van der Waals surface area (Å²) in [5.41, 5.74) is 3.83. The second-order valence-electron chi connectivity index (χ2n) is 4.15. The summed E-state index contributed by atoms with van der Waals surface area (Å²) >= 11 is 1.54. The highest BCUT2D eigenvalue weighted by Crippen LogP contribution is 2.22. The normalized spacial score (nSPS) is 10.4. The van der Waals surface area contributed by atoms with Gasteiger partial charge in [0.15, 0.2) is 0 Å². The van der Waals surface area contributed by atoms with Gasteiger partial charge in [0, 0.05) is 12.7 Å². The van der Waals surface area contributed by atoms with Crippen molar-refractivity contribution in [2.24, 2.45) is 0 Å². The molecule has 0 aliphatic heterocycles. The molecule has 0 aliphatic rings. The molecule has 2 N–H and O–H groups in total. The first-order valence-corrected chi connectivity index (χ1v) is 6.93. The Morgan fingerprint density at radius 2 is 2.15 bits per heavy atom. The number of fused-ring (bicyclic) bond motifs is 1. The summed E-state index contributed by atoms with van der Waals surface area (Å²) in [4.78, 5) is 20.6. The molecular formula is C14H12N4OS. The third-order valence-electron chi connectivity index (χ3n) is 2.83. The van der Waals surface area contributed by atoms with Gasteiger partial charge in [0.1, 0.15) is 11.5 Å². The van der Waals surface area contributed by atoms with E-state index in [2.05, 4.69) is 20.6 Å². The molecule has 0 saturated heterocycles. The summed E-state index contributed by atoms with van der Waals surface area (Å²) in [5.74, 6) is 0.432. The molecule has 0 aliphatic carbocycles. The summed E-state index contributed by atoms with van der Waals surface area (Å²) < 4.78 is 1.04. The van der Waals surface area contributed by atoms with Crippen molar-refractivity contribution in [1.82, 2.24) is 9.97 Å². The van der Waals surface area contributed by atoms with Crippen molar-refractivity contribution in [3.63, 3.8) is 0 Å². The quantitative estimate of drug-likeness (QED) is 0.776. The number of amides is 1. The van der Waals surface area contributed by atoms with Crippen LogP contribution < -0.4 is 10.6 Å². The largest absolute Gasteiger partial charge is 0.373 e. The molecule has 100 valence electrons. The number of nitrogens with zero attached hydrogens (tertiary/aromatic N) is 2. The van der Waals surface area contributed by atoms with Crippen molar-refractivity contribution in [3.8, 4) is 0 Å². The number of hydrogen-bond donors (Lipinski definition) is 2. The molecule has 2 aromatic heterocycles. The van der Waals surface area contributed by atoms with Crippen molar-refractivity contribution in [2.75, 3.05) is 17.7 Å². The molecule has 1 aromatic carbocycles. The van der Waals surface area contributed by atoms with E-state index in [1.54, 1.807) is 42.1 Å². The minimum Gasteiger partial charge on any atom is -0.373 e. The highest BCUT2D eigenvalue weighted by Gasteiger charge is 2.09. The molecule has 0 spiro atoms. The van der Waals surface area contributed by atoms with Crippen LogP contribution in [-0.4, -0.2) is 22.9 Å². The molecule has 20 heavy (non-hydrogen) atoms. The van der Waals surface area contributed by atoms with Gasteiger partial charge < -0.3 is 10.6 Å². The summed E-state index contributed by atoms with van der Waals surface area (Å²) in [6.45, 7) is 0. The molecule has 0 fully saturated rings. The number of pyridine rings is 1. The first-order chi connectivity index (χ1) is 9.76. The van der Waals surface area contributed by atoms with Crippen molar-refractivity contribution in [2.45, 2.75) is 0 Å². The van der Waals surface area contributed by atoms with Crippen LogP contribution in [0, 0.1) is 0 Å². The molecule has 0 unspecified atom stereocenters. The van der Waals surface area contributed by atoms with Crippen LogP contribution in [0.15, 0.2) is 41.9 Å². The lowest BCUT2D eigenvalue weighted by Gasteiger charge is -2.06. The standard InChI is InChI=1S/C14H12N4OS/c1-15-13-4-2-3-11(18-13)14(19)17-9-5-6-10-12(7-9)20-8-16-10/h2-8H,1H3,(H,15,18)(H,17,19). The number of carbonyl (C=O) groups excluding carboxylic acids is 1. The van der Waals surface area contributed by atoms with Gasteiger partial charge in [-0.15, -0.1) is 11.3 Å². The lowest BCUT2D eigenvalue weighted by molar-refractivity contribution is 0.102. The Bertz CT molecular complexity index is 768. The lowest BCUT2D eigenvalue weighted by Crippen LogP contribution is -2.14. The summed E-state index contributed by atoms with van der Waals surface area (Å²) in [7, 11) is 1.77. The number of carbonyl (C=O) groups is 1. The number of nitrogens with one attached hydrogen (secondary N) is 2.